The predicted molar refractivity (Wildman–Crippen MR) is 69.8 cm³/mol. The molecule has 0 aliphatic carbocycles. The summed E-state index contributed by atoms with van der Waals surface area (Å²) >= 11 is 0. The van der Waals surface area contributed by atoms with Gasteiger partial charge in [0.2, 0.25) is 0 Å². The van der Waals surface area contributed by atoms with Crippen molar-refractivity contribution in [1.82, 2.24) is 5.32 Å². The van der Waals surface area contributed by atoms with Crippen LogP contribution in [0.1, 0.15) is 12.0 Å². The standard InChI is InChI=1S/C14H18N2O2/c17-14(15-9-11-6-8-18-10-11)16-7-5-12-3-1-2-4-13(12)16/h1-4,11H,5-10H2,(H,15,17)/t11-/m0/s1. The van der Waals surface area contributed by atoms with Crippen molar-refractivity contribution in [1.29, 1.82) is 0 Å². The lowest BCUT2D eigenvalue weighted by Gasteiger charge is -2.19. The van der Waals surface area contributed by atoms with Gasteiger partial charge in [0, 0.05) is 31.3 Å². The Labute approximate surface area is 107 Å². The fraction of sp³-hybridized carbons (Fsp3) is 0.500. The molecule has 0 bridgehead atoms. The highest BCUT2D eigenvalue weighted by molar-refractivity contribution is 5.94. The smallest absolute Gasteiger partial charge is 0.321 e. The highest BCUT2D eigenvalue weighted by Gasteiger charge is 2.25. The molecule has 0 aromatic heterocycles. The number of hydrogen-bond acceptors (Lipinski definition) is 2. The van der Waals surface area contributed by atoms with E-state index in [0.29, 0.717) is 5.92 Å². The molecule has 1 saturated heterocycles. The van der Waals surface area contributed by atoms with E-state index in [9.17, 15) is 4.79 Å². The molecule has 0 spiro atoms. The second kappa shape index (κ2) is 4.98. The SMILES string of the molecule is O=C(NC[C@@H]1CCOC1)N1CCc2ccccc21. The van der Waals surface area contributed by atoms with Crippen LogP contribution < -0.4 is 10.2 Å². The van der Waals surface area contributed by atoms with Gasteiger partial charge in [0.05, 0.1) is 6.61 Å². The Bertz CT molecular complexity index is 441. The van der Waals surface area contributed by atoms with Gasteiger partial charge in [-0.15, -0.1) is 0 Å². The van der Waals surface area contributed by atoms with Crippen LogP contribution in [0.2, 0.25) is 0 Å². The molecular weight excluding hydrogens is 228 g/mol. The molecule has 4 heteroatoms. The van der Waals surface area contributed by atoms with E-state index in [0.717, 1.165) is 44.8 Å². The molecule has 2 amide bonds. The first-order chi connectivity index (χ1) is 8.84. The second-order valence-electron chi connectivity index (χ2n) is 4.95. The van der Waals surface area contributed by atoms with Crippen LogP contribution in [0.25, 0.3) is 0 Å². The lowest BCUT2D eigenvalue weighted by atomic mass is 10.1. The van der Waals surface area contributed by atoms with E-state index in [2.05, 4.69) is 11.4 Å². The minimum Gasteiger partial charge on any atom is -0.381 e. The summed E-state index contributed by atoms with van der Waals surface area (Å²) in [5, 5.41) is 3.01. The number of rotatable bonds is 2. The number of amides is 2. The van der Waals surface area contributed by atoms with Gasteiger partial charge in [0.1, 0.15) is 0 Å². The van der Waals surface area contributed by atoms with E-state index in [4.69, 9.17) is 4.74 Å². The van der Waals surface area contributed by atoms with Crippen molar-refractivity contribution in [2.24, 2.45) is 5.92 Å². The van der Waals surface area contributed by atoms with E-state index >= 15 is 0 Å². The largest absolute Gasteiger partial charge is 0.381 e. The average Bonchev–Trinajstić information content (AvgIpc) is 3.05. The first-order valence-corrected chi connectivity index (χ1v) is 6.55. The minimum absolute atomic E-state index is 0.0202. The van der Waals surface area contributed by atoms with Crippen molar-refractivity contribution < 1.29 is 9.53 Å². The molecule has 1 fully saturated rings. The van der Waals surface area contributed by atoms with Gasteiger partial charge in [-0.25, -0.2) is 4.79 Å². The molecule has 3 rings (SSSR count). The maximum atomic E-state index is 12.1. The molecule has 0 radical (unpaired) electrons. The van der Waals surface area contributed by atoms with E-state index in [-0.39, 0.29) is 6.03 Å². The molecular formula is C14H18N2O2. The Hall–Kier alpha value is -1.55. The third-order valence-electron chi connectivity index (χ3n) is 3.70. The van der Waals surface area contributed by atoms with Crippen molar-refractivity contribution in [3.05, 3.63) is 29.8 Å². The van der Waals surface area contributed by atoms with Crippen molar-refractivity contribution in [3.63, 3.8) is 0 Å². The number of anilines is 1. The summed E-state index contributed by atoms with van der Waals surface area (Å²) in [5.74, 6) is 0.479. The van der Waals surface area contributed by atoms with E-state index < -0.39 is 0 Å². The first kappa shape index (κ1) is 11.5. The third-order valence-corrected chi connectivity index (χ3v) is 3.70. The Morgan fingerprint density at radius 1 is 1.44 bits per heavy atom. The number of carbonyl (C=O) groups is 1. The molecule has 2 aliphatic heterocycles. The molecule has 96 valence electrons. The van der Waals surface area contributed by atoms with Crippen molar-refractivity contribution in [3.8, 4) is 0 Å². The molecule has 2 heterocycles. The van der Waals surface area contributed by atoms with Crippen LogP contribution in [-0.4, -0.2) is 32.3 Å². The highest BCUT2D eigenvalue weighted by Crippen LogP contribution is 2.27. The summed E-state index contributed by atoms with van der Waals surface area (Å²) in [7, 11) is 0. The van der Waals surface area contributed by atoms with E-state index in [1.54, 1.807) is 0 Å². The highest BCUT2D eigenvalue weighted by atomic mass is 16.5. The van der Waals surface area contributed by atoms with Gasteiger partial charge in [0.15, 0.2) is 0 Å². The van der Waals surface area contributed by atoms with Crippen molar-refractivity contribution in [2.75, 3.05) is 31.2 Å². The molecule has 1 aromatic rings. The molecule has 0 unspecified atom stereocenters. The Morgan fingerprint density at radius 3 is 3.17 bits per heavy atom. The maximum absolute atomic E-state index is 12.1. The summed E-state index contributed by atoms with van der Waals surface area (Å²) in [6, 6.07) is 8.13. The molecule has 2 aliphatic rings. The lowest BCUT2D eigenvalue weighted by molar-refractivity contribution is 0.185. The quantitative estimate of drug-likeness (QED) is 0.864. The zero-order valence-corrected chi connectivity index (χ0v) is 10.4. The normalized spacial score (nSPS) is 22.0. The van der Waals surface area contributed by atoms with Gasteiger partial charge in [-0.05, 0) is 24.5 Å². The van der Waals surface area contributed by atoms with Gasteiger partial charge in [-0.1, -0.05) is 18.2 Å². The monoisotopic (exact) mass is 246 g/mol. The van der Waals surface area contributed by atoms with E-state index in [1.807, 2.05) is 23.1 Å². The summed E-state index contributed by atoms with van der Waals surface area (Å²) in [6.07, 6.45) is 2.01. The predicted octanol–water partition coefficient (Wildman–Crippen LogP) is 1.80. The number of nitrogens with zero attached hydrogens (tertiary/aromatic N) is 1. The Kier molecular flexibility index (Phi) is 3.19. The van der Waals surface area contributed by atoms with Gasteiger partial charge in [-0.2, -0.15) is 0 Å². The fourth-order valence-corrected chi connectivity index (χ4v) is 2.62. The van der Waals surface area contributed by atoms with Gasteiger partial charge in [0.25, 0.3) is 0 Å². The molecule has 18 heavy (non-hydrogen) atoms. The summed E-state index contributed by atoms with van der Waals surface area (Å²) in [6.45, 7) is 3.10. The van der Waals surface area contributed by atoms with Gasteiger partial charge in [-0.3, -0.25) is 4.90 Å². The molecule has 1 atom stereocenters. The van der Waals surface area contributed by atoms with Crippen LogP contribution in [0.4, 0.5) is 10.5 Å². The topological polar surface area (TPSA) is 41.6 Å². The van der Waals surface area contributed by atoms with Crippen LogP contribution in [0, 0.1) is 5.92 Å². The van der Waals surface area contributed by atoms with Crippen LogP contribution in [-0.2, 0) is 11.2 Å². The fourth-order valence-electron chi connectivity index (χ4n) is 2.62. The number of fused-ring (bicyclic) bond motifs is 1. The Morgan fingerprint density at radius 2 is 2.33 bits per heavy atom. The molecule has 1 N–H and O–H groups in total. The average molecular weight is 246 g/mol. The van der Waals surface area contributed by atoms with Crippen LogP contribution in [0.5, 0.6) is 0 Å². The number of benzene rings is 1. The van der Waals surface area contributed by atoms with Gasteiger partial charge < -0.3 is 10.1 Å². The second-order valence-corrected chi connectivity index (χ2v) is 4.95. The van der Waals surface area contributed by atoms with Crippen LogP contribution >= 0.6 is 0 Å². The number of carbonyl (C=O) groups excluding carboxylic acids is 1. The Balaban J connectivity index is 1.60. The van der Waals surface area contributed by atoms with Crippen molar-refractivity contribution >= 4 is 11.7 Å². The summed E-state index contributed by atoms with van der Waals surface area (Å²) < 4.78 is 5.31. The third kappa shape index (κ3) is 2.20. The van der Waals surface area contributed by atoms with Crippen LogP contribution in [0.15, 0.2) is 24.3 Å². The van der Waals surface area contributed by atoms with Crippen LogP contribution in [0.3, 0.4) is 0 Å². The molecule has 4 nitrogen and oxygen atoms in total. The van der Waals surface area contributed by atoms with Crippen molar-refractivity contribution in [2.45, 2.75) is 12.8 Å². The maximum Gasteiger partial charge on any atom is 0.321 e. The molecule has 0 saturated carbocycles. The number of hydrogen-bond donors (Lipinski definition) is 1. The summed E-state index contributed by atoms with van der Waals surface area (Å²) in [5.41, 5.74) is 2.31. The number of nitrogens with one attached hydrogen (secondary N) is 1. The summed E-state index contributed by atoms with van der Waals surface area (Å²) in [4.78, 5) is 14.0. The first-order valence-electron chi connectivity index (χ1n) is 6.55. The number of ether oxygens (including phenoxy) is 1. The zero-order chi connectivity index (χ0) is 12.4. The zero-order valence-electron chi connectivity index (χ0n) is 10.4. The minimum atomic E-state index is 0.0202. The molecule has 1 aromatic carbocycles. The number of para-hydroxylation sites is 1. The van der Waals surface area contributed by atoms with Gasteiger partial charge >= 0.3 is 6.03 Å². The van der Waals surface area contributed by atoms with E-state index in [1.165, 1.54) is 5.56 Å². The number of urea groups is 1. The lowest BCUT2D eigenvalue weighted by Crippen LogP contribution is -2.41.